The molecular weight excluding hydrogens is 254 g/mol. The minimum absolute atomic E-state index is 0.327. The zero-order valence-corrected chi connectivity index (χ0v) is 10.4. The molecule has 2 rings (SSSR count). The Morgan fingerprint density at radius 2 is 2.28 bits per heavy atom. The van der Waals surface area contributed by atoms with Crippen LogP contribution in [0.5, 0.6) is 0 Å². The molecule has 0 spiro atoms. The van der Waals surface area contributed by atoms with Gasteiger partial charge in [-0.3, -0.25) is 9.48 Å². The van der Waals surface area contributed by atoms with Gasteiger partial charge >= 0.3 is 0 Å². The van der Waals surface area contributed by atoms with Gasteiger partial charge in [0.1, 0.15) is 11.2 Å². The Bertz CT molecular complexity index is 551. The molecule has 0 aliphatic rings. The molecule has 0 aliphatic heterocycles. The zero-order chi connectivity index (χ0) is 13.1. The van der Waals surface area contributed by atoms with Crippen molar-refractivity contribution in [3.63, 3.8) is 0 Å². The molecule has 0 saturated heterocycles. The number of aromatic nitrogens is 3. The van der Waals surface area contributed by atoms with Crippen molar-refractivity contribution in [2.24, 2.45) is 12.8 Å². The van der Waals surface area contributed by atoms with Crippen LogP contribution in [0.2, 0.25) is 5.15 Å². The molecule has 6 nitrogen and oxygen atoms in total. The van der Waals surface area contributed by atoms with Crippen molar-refractivity contribution >= 4 is 23.2 Å². The second-order valence-corrected chi connectivity index (χ2v) is 4.17. The van der Waals surface area contributed by atoms with E-state index in [1.54, 1.807) is 36.3 Å². The number of hydrogen-bond donors (Lipinski definition) is 2. The van der Waals surface area contributed by atoms with Crippen molar-refractivity contribution in [1.29, 1.82) is 0 Å². The molecular formula is C11H12ClN5O. The van der Waals surface area contributed by atoms with E-state index >= 15 is 0 Å². The van der Waals surface area contributed by atoms with Gasteiger partial charge in [0.25, 0.3) is 0 Å². The molecule has 0 aromatic carbocycles. The molecule has 3 N–H and O–H groups in total. The second kappa shape index (κ2) is 5.16. The number of amides is 1. The Labute approximate surface area is 109 Å². The van der Waals surface area contributed by atoms with Crippen molar-refractivity contribution in [2.45, 2.75) is 6.04 Å². The Morgan fingerprint density at radius 1 is 1.50 bits per heavy atom. The van der Waals surface area contributed by atoms with E-state index in [2.05, 4.69) is 15.4 Å². The summed E-state index contributed by atoms with van der Waals surface area (Å²) in [5.74, 6) is -0.327. The number of carbonyl (C=O) groups is 1. The maximum Gasteiger partial charge on any atom is 0.246 e. The molecule has 18 heavy (non-hydrogen) atoms. The van der Waals surface area contributed by atoms with Crippen LogP contribution < -0.4 is 11.1 Å². The average Bonchev–Trinajstić information content (AvgIpc) is 2.78. The van der Waals surface area contributed by atoms with Gasteiger partial charge < -0.3 is 11.1 Å². The molecule has 1 amide bonds. The Balaban J connectivity index is 2.05. The van der Waals surface area contributed by atoms with Crippen LogP contribution in [0.1, 0.15) is 11.6 Å². The summed E-state index contributed by atoms with van der Waals surface area (Å²) >= 11 is 5.65. The number of nitrogens with zero attached hydrogens (tertiary/aromatic N) is 3. The summed E-state index contributed by atoms with van der Waals surface area (Å²) in [5, 5.41) is 6.99. The van der Waals surface area contributed by atoms with Gasteiger partial charge in [-0.1, -0.05) is 11.6 Å². The lowest BCUT2D eigenvalue weighted by molar-refractivity contribution is -0.117. The van der Waals surface area contributed by atoms with Crippen LogP contribution in [0.15, 0.2) is 30.7 Å². The minimum atomic E-state index is -0.769. The molecule has 2 aromatic rings. The van der Waals surface area contributed by atoms with Crippen LogP contribution in [-0.4, -0.2) is 20.7 Å². The molecule has 7 heteroatoms. The number of pyridine rings is 1. The van der Waals surface area contributed by atoms with Crippen LogP contribution >= 0.6 is 11.6 Å². The highest BCUT2D eigenvalue weighted by atomic mass is 35.5. The number of nitrogens with one attached hydrogen (secondary N) is 1. The van der Waals surface area contributed by atoms with Crippen molar-refractivity contribution < 1.29 is 4.79 Å². The van der Waals surface area contributed by atoms with Gasteiger partial charge in [0, 0.05) is 18.8 Å². The van der Waals surface area contributed by atoms with E-state index in [4.69, 9.17) is 17.3 Å². The summed E-state index contributed by atoms with van der Waals surface area (Å²) in [5.41, 5.74) is 7.01. The van der Waals surface area contributed by atoms with Gasteiger partial charge in [-0.2, -0.15) is 5.10 Å². The first-order chi connectivity index (χ1) is 8.56. The second-order valence-electron chi connectivity index (χ2n) is 3.78. The van der Waals surface area contributed by atoms with Crippen molar-refractivity contribution in [1.82, 2.24) is 14.8 Å². The van der Waals surface area contributed by atoms with E-state index in [1.807, 2.05) is 0 Å². The van der Waals surface area contributed by atoms with Gasteiger partial charge in [0.2, 0.25) is 5.91 Å². The first-order valence-corrected chi connectivity index (χ1v) is 5.60. The average molecular weight is 266 g/mol. The van der Waals surface area contributed by atoms with Gasteiger partial charge in [-0.25, -0.2) is 4.98 Å². The van der Waals surface area contributed by atoms with E-state index in [1.165, 1.54) is 6.20 Å². The van der Waals surface area contributed by atoms with Crippen LogP contribution in [0.25, 0.3) is 0 Å². The molecule has 2 aromatic heterocycles. The summed E-state index contributed by atoms with van der Waals surface area (Å²) in [4.78, 5) is 15.7. The lowest BCUT2D eigenvalue weighted by atomic mass is 10.1. The Hall–Kier alpha value is -1.92. The van der Waals surface area contributed by atoms with E-state index in [0.29, 0.717) is 16.4 Å². The summed E-state index contributed by atoms with van der Waals surface area (Å²) in [7, 11) is 1.76. The van der Waals surface area contributed by atoms with E-state index in [0.717, 1.165) is 0 Å². The molecule has 0 aliphatic carbocycles. The Morgan fingerprint density at radius 3 is 2.83 bits per heavy atom. The van der Waals surface area contributed by atoms with Crippen LogP contribution in [0.4, 0.5) is 5.69 Å². The number of carbonyl (C=O) groups excluding carboxylic acids is 1. The number of nitrogens with two attached hydrogens (primary N) is 1. The van der Waals surface area contributed by atoms with Crippen LogP contribution in [0.3, 0.4) is 0 Å². The van der Waals surface area contributed by atoms with E-state index < -0.39 is 6.04 Å². The van der Waals surface area contributed by atoms with Crippen molar-refractivity contribution in [3.8, 4) is 0 Å². The van der Waals surface area contributed by atoms with E-state index in [9.17, 15) is 4.79 Å². The van der Waals surface area contributed by atoms with Gasteiger partial charge in [-0.05, 0) is 12.1 Å². The third-order valence-electron chi connectivity index (χ3n) is 2.36. The summed E-state index contributed by atoms with van der Waals surface area (Å²) < 4.78 is 1.59. The lowest BCUT2D eigenvalue weighted by Crippen LogP contribution is -2.27. The standard InChI is InChI=1S/C11H12ClN5O/c1-17-6-7(4-15-17)10(13)11(18)16-8-2-3-9(12)14-5-8/h2-6,10H,13H2,1H3,(H,16,18). The Kier molecular flexibility index (Phi) is 3.59. The predicted octanol–water partition coefficient (Wildman–Crippen LogP) is 1.11. The number of aryl methyl sites for hydroxylation is 1. The number of halogens is 1. The first kappa shape index (κ1) is 12.5. The van der Waals surface area contributed by atoms with E-state index in [-0.39, 0.29) is 5.91 Å². The quantitative estimate of drug-likeness (QED) is 0.814. The summed E-state index contributed by atoms with van der Waals surface area (Å²) in [6.07, 6.45) is 4.73. The first-order valence-electron chi connectivity index (χ1n) is 5.23. The molecule has 0 saturated carbocycles. The third-order valence-corrected chi connectivity index (χ3v) is 2.58. The number of anilines is 1. The number of hydrogen-bond acceptors (Lipinski definition) is 4. The topological polar surface area (TPSA) is 85.8 Å². The summed E-state index contributed by atoms with van der Waals surface area (Å²) in [6.45, 7) is 0. The highest BCUT2D eigenvalue weighted by Gasteiger charge is 2.17. The van der Waals surface area contributed by atoms with Gasteiger partial charge in [0.15, 0.2) is 0 Å². The van der Waals surface area contributed by atoms with Crippen molar-refractivity contribution in [3.05, 3.63) is 41.4 Å². The molecule has 0 radical (unpaired) electrons. The van der Waals surface area contributed by atoms with Crippen LogP contribution in [-0.2, 0) is 11.8 Å². The molecule has 94 valence electrons. The smallest absolute Gasteiger partial charge is 0.246 e. The highest BCUT2D eigenvalue weighted by Crippen LogP contribution is 2.14. The number of rotatable bonds is 3. The third kappa shape index (κ3) is 2.85. The fraction of sp³-hybridized carbons (Fsp3) is 0.182. The molecule has 0 fully saturated rings. The highest BCUT2D eigenvalue weighted by molar-refractivity contribution is 6.29. The maximum atomic E-state index is 11.9. The summed E-state index contributed by atoms with van der Waals surface area (Å²) in [6, 6.07) is 2.48. The van der Waals surface area contributed by atoms with Gasteiger partial charge in [0.05, 0.1) is 18.1 Å². The molecule has 2 heterocycles. The minimum Gasteiger partial charge on any atom is -0.323 e. The SMILES string of the molecule is Cn1cc(C(N)C(=O)Nc2ccc(Cl)nc2)cn1. The maximum absolute atomic E-state index is 11.9. The fourth-order valence-corrected chi connectivity index (χ4v) is 1.53. The fourth-order valence-electron chi connectivity index (χ4n) is 1.42. The zero-order valence-electron chi connectivity index (χ0n) is 9.67. The lowest BCUT2D eigenvalue weighted by Gasteiger charge is -2.10. The van der Waals surface area contributed by atoms with Crippen LogP contribution in [0, 0.1) is 0 Å². The normalized spacial score (nSPS) is 12.2. The predicted molar refractivity (Wildman–Crippen MR) is 68.0 cm³/mol. The van der Waals surface area contributed by atoms with Crippen molar-refractivity contribution in [2.75, 3.05) is 5.32 Å². The molecule has 1 atom stereocenters. The monoisotopic (exact) mass is 265 g/mol. The van der Waals surface area contributed by atoms with Gasteiger partial charge in [-0.15, -0.1) is 0 Å². The largest absolute Gasteiger partial charge is 0.323 e. The molecule has 0 bridgehead atoms. The molecule has 1 unspecified atom stereocenters.